The third-order valence-electron chi connectivity index (χ3n) is 4.73. The van der Waals surface area contributed by atoms with Gasteiger partial charge in [-0.1, -0.05) is 6.08 Å². The van der Waals surface area contributed by atoms with E-state index in [2.05, 4.69) is 0 Å². The van der Waals surface area contributed by atoms with Crippen molar-refractivity contribution >= 4 is 11.9 Å². The molecule has 134 valence electrons. The molecule has 0 aromatic heterocycles. The summed E-state index contributed by atoms with van der Waals surface area (Å²) >= 11 is 0. The number of carbonyl (C=O) groups excluding carboxylic acids is 1. The molecule has 1 atom stereocenters. The standard InChI is InChI=1S/C21H20O5/c1-21(2)7-6-12-8-15(18(24-3)10-17(12)26-21)16-11-25-19-9-13(22)4-5-14(19)20(16)23/h4-10,16,22H,11H2,1-3H3. The van der Waals surface area contributed by atoms with Crippen LogP contribution < -0.4 is 14.2 Å². The summed E-state index contributed by atoms with van der Waals surface area (Å²) in [7, 11) is 1.58. The monoisotopic (exact) mass is 352 g/mol. The molecule has 2 aromatic carbocycles. The van der Waals surface area contributed by atoms with E-state index < -0.39 is 5.92 Å². The number of ketones is 1. The SMILES string of the molecule is COc1cc2c(cc1C1COc3cc(O)ccc3C1=O)C=CC(C)(C)O2. The molecule has 5 nitrogen and oxygen atoms in total. The van der Waals surface area contributed by atoms with Crippen molar-refractivity contribution in [2.24, 2.45) is 0 Å². The summed E-state index contributed by atoms with van der Waals surface area (Å²) in [5, 5.41) is 9.58. The van der Waals surface area contributed by atoms with Crippen LogP contribution in [0.5, 0.6) is 23.0 Å². The van der Waals surface area contributed by atoms with Gasteiger partial charge in [-0.2, -0.15) is 0 Å². The first-order valence-electron chi connectivity index (χ1n) is 8.48. The number of Topliss-reactive ketones (excluding diaryl/α,β-unsaturated/α-hetero) is 1. The number of rotatable bonds is 2. The van der Waals surface area contributed by atoms with Gasteiger partial charge in [0.05, 0.1) is 18.6 Å². The summed E-state index contributed by atoms with van der Waals surface area (Å²) in [4.78, 5) is 13.0. The average Bonchev–Trinajstić information content (AvgIpc) is 2.60. The summed E-state index contributed by atoms with van der Waals surface area (Å²) in [6.07, 6.45) is 3.99. The van der Waals surface area contributed by atoms with Gasteiger partial charge in [-0.15, -0.1) is 0 Å². The van der Waals surface area contributed by atoms with Gasteiger partial charge < -0.3 is 19.3 Å². The van der Waals surface area contributed by atoms with Crippen molar-refractivity contribution < 1.29 is 24.1 Å². The molecule has 0 amide bonds. The molecule has 0 spiro atoms. The summed E-state index contributed by atoms with van der Waals surface area (Å²) in [5.41, 5.74) is 1.75. The summed E-state index contributed by atoms with van der Waals surface area (Å²) < 4.78 is 17.3. The van der Waals surface area contributed by atoms with E-state index in [9.17, 15) is 9.90 Å². The molecule has 26 heavy (non-hydrogen) atoms. The highest BCUT2D eigenvalue weighted by Crippen LogP contribution is 2.42. The Bertz CT molecular complexity index is 926. The Hall–Kier alpha value is -2.95. The van der Waals surface area contributed by atoms with E-state index in [4.69, 9.17) is 14.2 Å². The Balaban J connectivity index is 1.77. The molecular weight excluding hydrogens is 332 g/mol. The number of phenols is 1. The second kappa shape index (κ2) is 5.80. The van der Waals surface area contributed by atoms with Crippen LogP contribution >= 0.6 is 0 Å². The number of fused-ring (bicyclic) bond motifs is 2. The molecule has 0 bridgehead atoms. The van der Waals surface area contributed by atoms with Gasteiger partial charge in [-0.05, 0) is 38.1 Å². The highest BCUT2D eigenvalue weighted by Gasteiger charge is 2.34. The zero-order chi connectivity index (χ0) is 18.5. The van der Waals surface area contributed by atoms with Crippen molar-refractivity contribution in [2.45, 2.75) is 25.4 Å². The maximum atomic E-state index is 13.0. The van der Waals surface area contributed by atoms with E-state index in [1.165, 1.54) is 12.1 Å². The number of carbonyl (C=O) groups is 1. The number of ether oxygens (including phenoxy) is 3. The molecule has 2 aliphatic rings. The van der Waals surface area contributed by atoms with Crippen LogP contribution in [0.2, 0.25) is 0 Å². The molecule has 0 saturated heterocycles. The molecule has 2 aromatic rings. The molecule has 4 rings (SSSR count). The molecule has 0 saturated carbocycles. The van der Waals surface area contributed by atoms with Gasteiger partial charge in [0, 0.05) is 23.3 Å². The minimum absolute atomic E-state index is 0.0504. The second-order valence-electron chi connectivity index (χ2n) is 7.08. The van der Waals surface area contributed by atoms with Gasteiger partial charge in [0.2, 0.25) is 0 Å². The quantitative estimate of drug-likeness (QED) is 0.887. The first kappa shape index (κ1) is 16.5. The lowest BCUT2D eigenvalue weighted by Crippen LogP contribution is -2.28. The van der Waals surface area contributed by atoms with Crippen LogP contribution in [0, 0.1) is 0 Å². The number of phenolic OH excluding ortho intramolecular Hbond substituents is 1. The molecule has 0 fully saturated rings. The van der Waals surface area contributed by atoms with E-state index in [0.717, 1.165) is 16.9 Å². The highest BCUT2D eigenvalue weighted by molar-refractivity contribution is 6.04. The third-order valence-corrected chi connectivity index (χ3v) is 4.73. The van der Waals surface area contributed by atoms with E-state index in [0.29, 0.717) is 17.1 Å². The Morgan fingerprint density at radius 3 is 2.77 bits per heavy atom. The highest BCUT2D eigenvalue weighted by atomic mass is 16.5. The smallest absolute Gasteiger partial charge is 0.177 e. The maximum absolute atomic E-state index is 13.0. The molecule has 1 unspecified atom stereocenters. The van der Waals surface area contributed by atoms with E-state index >= 15 is 0 Å². The lowest BCUT2D eigenvalue weighted by molar-refractivity contribution is 0.0893. The number of hydrogen-bond donors (Lipinski definition) is 1. The number of benzene rings is 2. The number of methoxy groups -OCH3 is 1. The fourth-order valence-electron chi connectivity index (χ4n) is 3.37. The minimum Gasteiger partial charge on any atom is -0.508 e. The summed E-state index contributed by atoms with van der Waals surface area (Å²) in [6, 6.07) is 8.31. The van der Waals surface area contributed by atoms with Crippen LogP contribution in [-0.4, -0.2) is 30.2 Å². The molecule has 2 heterocycles. The van der Waals surface area contributed by atoms with Gasteiger partial charge in [-0.3, -0.25) is 4.79 Å². The van der Waals surface area contributed by atoms with Gasteiger partial charge >= 0.3 is 0 Å². The molecular formula is C21H20O5. The Kier molecular flexibility index (Phi) is 3.68. The van der Waals surface area contributed by atoms with Crippen LogP contribution in [0.4, 0.5) is 0 Å². The largest absolute Gasteiger partial charge is 0.508 e. The van der Waals surface area contributed by atoms with Crippen molar-refractivity contribution in [3.8, 4) is 23.0 Å². The summed E-state index contributed by atoms with van der Waals surface area (Å²) in [6.45, 7) is 4.16. The number of aromatic hydroxyl groups is 1. The van der Waals surface area contributed by atoms with Gasteiger partial charge in [0.25, 0.3) is 0 Å². The van der Waals surface area contributed by atoms with Crippen molar-refractivity contribution in [1.82, 2.24) is 0 Å². The number of hydrogen-bond acceptors (Lipinski definition) is 5. The van der Waals surface area contributed by atoms with Gasteiger partial charge in [0.1, 0.15) is 35.2 Å². The van der Waals surface area contributed by atoms with Gasteiger partial charge in [0.15, 0.2) is 5.78 Å². The first-order valence-corrected chi connectivity index (χ1v) is 8.48. The second-order valence-corrected chi connectivity index (χ2v) is 7.08. The maximum Gasteiger partial charge on any atom is 0.177 e. The lowest BCUT2D eigenvalue weighted by Gasteiger charge is -2.30. The van der Waals surface area contributed by atoms with Crippen LogP contribution in [0.3, 0.4) is 0 Å². The molecule has 2 aliphatic heterocycles. The fourth-order valence-corrected chi connectivity index (χ4v) is 3.37. The fraction of sp³-hybridized carbons (Fsp3) is 0.286. The Labute approximate surface area is 151 Å². The van der Waals surface area contributed by atoms with Crippen molar-refractivity contribution in [1.29, 1.82) is 0 Å². The lowest BCUT2D eigenvalue weighted by atomic mass is 9.86. The Morgan fingerprint density at radius 1 is 1.19 bits per heavy atom. The minimum atomic E-state index is -0.476. The van der Waals surface area contributed by atoms with Crippen LogP contribution in [0.1, 0.15) is 41.3 Å². The Morgan fingerprint density at radius 2 is 2.00 bits per heavy atom. The van der Waals surface area contributed by atoms with Crippen molar-refractivity contribution in [3.63, 3.8) is 0 Å². The van der Waals surface area contributed by atoms with Crippen LogP contribution in [-0.2, 0) is 0 Å². The first-order chi connectivity index (χ1) is 12.4. The van der Waals surface area contributed by atoms with E-state index in [-0.39, 0.29) is 23.7 Å². The van der Waals surface area contributed by atoms with Gasteiger partial charge in [-0.25, -0.2) is 0 Å². The predicted molar refractivity (Wildman–Crippen MR) is 97.4 cm³/mol. The summed E-state index contributed by atoms with van der Waals surface area (Å²) in [5.74, 6) is 1.28. The molecule has 5 heteroatoms. The van der Waals surface area contributed by atoms with Crippen molar-refractivity contribution in [3.05, 3.63) is 53.1 Å². The molecule has 0 aliphatic carbocycles. The third kappa shape index (κ3) is 2.69. The zero-order valence-corrected chi connectivity index (χ0v) is 14.9. The predicted octanol–water partition coefficient (Wildman–Crippen LogP) is 3.94. The van der Waals surface area contributed by atoms with E-state index in [1.807, 2.05) is 38.1 Å². The van der Waals surface area contributed by atoms with Crippen LogP contribution in [0.15, 0.2) is 36.4 Å². The average molecular weight is 352 g/mol. The molecule has 1 N–H and O–H groups in total. The topological polar surface area (TPSA) is 65.0 Å². The van der Waals surface area contributed by atoms with Crippen LogP contribution in [0.25, 0.3) is 6.08 Å². The molecule has 0 radical (unpaired) electrons. The van der Waals surface area contributed by atoms with Crippen molar-refractivity contribution in [2.75, 3.05) is 13.7 Å². The normalized spacial score (nSPS) is 19.8. The zero-order valence-electron chi connectivity index (χ0n) is 14.9. The van der Waals surface area contributed by atoms with E-state index in [1.54, 1.807) is 13.2 Å².